The highest BCUT2D eigenvalue weighted by atomic mass is 35.7. The lowest BCUT2D eigenvalue weighted by atomic mass is 10.0. The summed E-state index contributed by atoms with van der Waals surface area (Å²) < 4.78 is 23.4. The van der Waals surface area contributed by atoms with E-state index in [9.17, 15) is 13.2 Å². The van der Waals surface area contributed by atoms with E-state index in [-0.39, 0.29) is 16.5 Å². The molecule has 1 rings (SSSR count). The van der Waals surface area contributed by atoms with Crippen molar-refractivity contribution in [3.05, 3.63) is 11.4 Å². The molecule has 1 heterocycles. The lowest BCUT2D eigenvalue weighted by Gasteiger charge is -2.23. The zero-order valence-electron chi connectivity index (χ0n) is 12.2. The number of aromatic nitrogens is 2. The van der Waals surface area contributed by atoms with Crippen molar-refractivity contribution in [3.63, 3.8) is 0 Å². The second-order valence-corrected chi connectivity index (χ2v) is 8.10. The lowest BCUT2D eigenvalue weighted by Crippen LogP contribution is -2.43. The SMILES string of the molecule is CCC(C)(C)NC(=O)c1n[nH]c(C(C)C)c1S(=O)(=O)Cl. The number of nitrogens with zero attached hydrogens (tertiary/aromatic N) is 1. The van der Waals surface area contributed by atoms with Crippen molar-refractivity contribution in [1.82, 2.24) is 15.5 Å². The first-order valence-corrected chi connectivity index (χ1v) is 8.66. The van der Waals surface area contributed by atoms with Gasteiger partial charge in [-0.25, -0.2) is 8.42 Å². The third kappa shape index (κ3) is 3.73. The van der Waals surface area contributed by atoms with Gasteiger partial charge < -0.3 is 5.32 Å². The van der Waals surface area contributed by atoms with Gasteiger partial charge in [0.2, 0.25) is 0 Å². The second kappa shape index (κ2) is 5.73. The lowest BCUT2D eigenvalue weighted by molar-refractivity contribution is 0.0902. The van der Waals surface area contributed by atoms with Crippen LogP contribution in [0.25, 0.3) is 0 Å². The third-order valence-corrected chi connectivity index (χ3v) is 4.48. The van der Waals surface area contributed by atoms with E-state index in [0.29, 0.717) is 12.1 Å². The molecule has 0 saturated carbocycles. The van der Waals surface area contributed by atoms with Crippen LogP contribution in [0, 0.1) is 0 Å². The Morgan fingerprint density at radius 2 is 2.00 bits per heavy atom. The monoisotopic (exact) mass is 321 g/mol. The molecule has 0 aliphatic rings. The first kappa shape index (κ1) is 17.0. The molecule has 0 unspecified atom stereocenters. The first-order valence-electron chi connectivity index (χ1n) is 6.35. The molecule has 1 amide bonds. The highest BCUT2D eigenvalue weighted by Gasteiger charge is 2.31. The van der Waals surface area contributed by atoms with Gasteiger partial charge in [-0.2, -0.15) is 5.10 Å². The maximum absolute atomic E-state index is 12.2. The van der Waals surface area contributed by atoms with Crippen molar-refractivity contribution in [2.45, 2.75) is 57.4 Å². The molecule has 0 aromatic carbocycles. The summed E-state index contributed by atoms with van der Waals surface area (Å²) >= 11 is 0. The summed E-state index contributed by atoms with van der Waals surface area (Å²) in [5, 5.41) is 9.15. The number of carbonyl (C=O) groups is 1. The fraction of sp³-hybridized carbons (Fsp3) is 0.667. The topological polar surface area (TPSA) is 91.9 Å². The van der Waals surface area contributed by atoms with Crippen molar-refractivity contribution < 1.29 is 13.2 Å². The summed E-state index contributed by atoms with van der Waals surface area (Å²) in [6.45, 7) is 9.18. The van der Waals surface area contributed by atoms with Crippen LogP contribution in [0.2, 0.25) is 0 Å². The van der Waals surface area contributed by atoms with Crippen LogP contribution in [-0.4, -0.2) is 30.1 Å². The van der Waals surface area contributed by atoms with E-state index in [2.05, 4.69) is 15.5 Å². The summed E-state index contributed by atoms with van der Waals surface area (Å²) in [5.41, 5.74) is -0.314. The number of halogens is 1. The van der Waals surface area contributed by atoms with Crippen LogP contribution in [0.4, 0.5) is 0 Å². The predicted molar refractivity (Wildman–Crippen MR) is 77.6 cm³/mol. The Hall–Kier alpha value is -1.08. The number of carbonyl (C=O) groups excluding carboxylic acids is 1. The molecule has 0 radical (unpaired) electrons. The Balaban J connectivity index is 3.30. The molecule has 0 fully saturated rings. The Kier molecular flexibility index (Phi) is 4.86. The van der Waals surface area contributed by atoms with E-state index in [0.717, 1.165) is 0 Å². The third-order valence-electron chi connectivity index (χ3n) is 3.12. The zero-order chi connectivity index (χ0) is 15.7. The molecule has 0 aliphatic heterocycles. The maximum Gasteiger partial charge on any atom is 0.273 e. The van der Waals surface area contributed by atoms with Gasteiger partial charge in [-0.05, 0) is 26.2 Å². The van der Waals surface area contributed by atoms with E-state index >= 15 is 0 Å². The van der Waals surface area contributed by atoms with Gasteiger partial charge in [-0.15, -0.1) is 0 Å². The molecule has 114 valence electrons. The number of rotatable bonds is 5. The van der Waals surface area contributed by atoms with Gasteiger partial charge in [0.05, 0.1) is 5.69 Å². The number of amides is 1. The Labute approximate surface area is 123 Å². The fourth-order valence-electron chi connectivity index (χ4n) is 1.59. The van der Waals surface area contributed by atoms with E-state index < -0.39 is 20.5 Å². The molecule has 0 aliphatic carbocycles. The van der Waals surface area contributed by atoms with E-state index in [1.165, 1.54) is 0 Å². The molecular formula is C12H20ClN3O3S. The van der Waals surface area contributed by atoms with Gasteiger partial charge >= 0.3 is 0 Å². The van der Waals surface area contributed by atoms with E-state index in [4.69, 9.17) is 10.7 Å². The van der Waals surface area contributed by atoms with Crippen molar-refractivity contribution in [3.8, 4) is 0 Å². The summed E-state index contributed by atoms with van der Waals surface area (Å²) in [7, 11) is 1.38. The van der Waals surface area contributed by atoms with E-state index in [1.807, 2.05) is 20.8 Å². The Bertz CT molecular complexity index is 605. The number of hydrogen-bond donors (Lipinski definition) is 2. The molecule has 20 heavy (non-hydrogen) atoms. The quantitative estimate of drug-likeness (QED) is 0.814. The fourth-order valence-corrected chi connectivity index (χ4v) is 2.97. The second-order valence-electron chi connectivity index (χ2n) is 5.60. The molecule has 0 saturated heterocycles. The zero-order valence-corrected chi connectivity index (χ0v) is 13.8. The van der Waals surface area contributed by atoms with Crippen molar-refractivity contribution in [2.75, 3.05) is 0 Å². The standard InChI is InChI=1S/C12H20ClN3O3S/c1-6-12(4,5)14-11(17)9-10(20(13,18)19)8(7(2)3)15-16-9/h7H,6H2,1-5H3,(H,14,17)(H,15,16). The molecule has 0 spiro atoms. The maximum atomic E-state index is 12.2. The summed E-state index contributed by atoms with van der Waals surface area (Å²) in [6.07, 6.45) is 0.698. The molecule has 8 heteroatoms. The summed E-state index contributed by atoms with van der Waals surface area (Å²) in [4.78, 5) is 12.0. The molecular weight excluding hydrogens is 302 g/mol. The number of hydrogen-bond acceptors (Lipinski definition) is 4. The van der Waals surface area contributed by atoms with Crippen LogP contribution >= 0.6 is 10.7 Å². The van der Waals surface area contributed by atoms with Crippen LogP contribution in [0.15, 0.2) is 4.90 Å². The summed E-state index contributed by atoms with van der Waals surface area (Å²) in [6, 6.07) is 0. The van der Waals surface area contributed by atoms with Crippen molar-refractivity contribution in [2.24, 2.45) is 0 Å². The number of H-pyrrole nitrogens is 1. The van der Waals surface area contributed by atoms with Gasteiger partial charge in [-0.1, -0.05) is 20.8 Å². The average Bonchev–Trinajstić information content (AvgIpc) is 2.72. The first-order chi connectivity index (χ1) is 8.99. The highest BCUT2D eigenvalue weighted by Crippen LogP contribution is 2.28. The highest BCUT2D eigenvalue weighted by molar-refractivity contribution is 8.13. The van der Waals surface area contributed by atoms with Crippen LogP contribution in [-0.2, 0) is 9.05 Å². The molecule has 0 bridgehead atoms. The average molecular weight is 322 g/mol. The molecule has 2 N–H and O–H groups in total. The minimum Gasteiger partial charge on any atom is -0.346 e. The van der Waals surface area contributed by atoms with Gasteiger partial charge in [0.25, 0.3) is 15.0 Å². The van der Waals surface area contributed by atoms with Gasteiger partial charge in [0, 0.05) is 16.2 Å². The van der Waals surface area contributed by atoms with Crippen LogP contribution in [0.1, 0.15) is 63.1 Å². The largest absolute Gasteiger partial charge is 0.346 e. The van der Waals surface area contributed by atoms with Crippen LogP contribution in [0.3, 0.4) is 0 Å². The van der Waals surface area contributed by atoms with Crippen LogP contribution in [0.5, 0.6) is 0 Å². The summed E-state index contributed by atoms with van der Waals surface area (Å²) in [5.74, 6) is -0.703. The van der Waals surface area contributed by atoms with Gasteiger partial charge in [0.1, 0.15) is 4.90 Å². The minimum absolute atomic E-state index is 0.147. The van der Waals surface area contributed by atoms with Gasteiger partial charge in [-0.3, -0.25) is 9.89 Å². The molecule has 6 nitrogen and oxygen atoms in total. The Morgan fingerprint density at radius 3 is 2.40 bits per heavy atom. The molecule has 1 aromatic rings. The molecule has 0 atom stereocenters. The van der Waals surface area contributed by atoms with E-state index in [1.54, 1.807) is 13.8 Å². The number of aromatic amines is 1. The molecule has 1 aromatic heterocycles. The predicted octanol–water partition coefficient (Wildman–Crippen LogP) is 2.38. The smallest absolute Gasteiger partial charge is 0.273 e. The van der Waals surface area contributed by atoms with Crippen molar-refractivity contribution in [1.29, 1.82) is 0 Å². The normalized spacial score (nSPS) is 12.8. The van der Waals surface area contributed by atoms with Crippen LogP contribution < -0.4 is 5.32 Å². The van der Waals surface area contributed by atoms with Gasteiger partial charge in [0.15, 0.2) is 5.69 Å². The van der Waals surface area contributed by atoms with Crippen molar-refractivity contribution >= 4 is 25.6 Å². The Morgan fingerprint density at radius 1 is 1.45 bits per heavy atom. The number of nitrogens with one attached hydrogen (secondary N) is 2. The minimum atomic E-state index is -4.06.